The van der Waals surface area contributed by atoms with Crippen LogP contribution in [0, 0.1) is 23.7 Å². The van der Waals surface area contributed by atoms with Crippen LogP contribution in [0.25, 0.3) is 0 Å². The maximum absolute atomic E-state index is 15.5. The van der Waals surface area contributed by atoms with Crippen LogP contribution in [-0.2, 0) is 20.9 Å². The highest BCUT2D eigenvalue weighted by Crippen LogP contribution is 2.52. The van der Waals surface area contributed by atoms with Crippen molar-refractivity contribution < 1.29 is 41.7 Å². The van der Waals surface area contributed by atoms with Crippen LogP contribution in [0.15, 0.2) is 24.4 Å². The Morgan fingerprint density at radius 3 is 2.41 bits per heavy atom. The Labute approximate surface area is 313 Å². The van der Waals surface area contributed by atoms with Crippen LogP contribution in [0.5, 0.6) is 5.75 Å². The number of likely N-dealkylation sites (tertiary alicyclic amines) is 1. The smallest absolute Gasteiger partial charge is 0.329 e. The first-order valence-corrected chi connectivity index (χ1v) is 19.7. The molecule has 4 heterocycles. The molecular weight excluding hydrogens is 706 g/mol. The van der Waals surface area contributed by atoms with Crippen LogP contribution in [0.4, 0.5) is 29.2 Å². The van der Waals surface area contributed by atoms with Gasteiger partial charge in [-0.05, 0) is 112 Å². The van der Waals surface area contributed by atoms with Crippen molar-refractivity contribution >= 4 is 23.5 Å². The topological polar surface area (TPSA) is 117 Å². The quantitative estimate of drug-likeness (QED) is 0.273. The number of nitrogens with one attached hydrogen (secondary N) is 1. The Morgan fingerprint density at radius 1 is 1.02 bits per heavy atom. The molecular formula is C40H51F4N5O5. The molecule has 3 aliphatic heterocycles. The van der Waals surface area contributed by atoms with E-state index in [1.165, 1.54) is 0 Å². The van der Waals surface area contributed by atoms with E-state index in [2.05, 4.69) is 22.2 Å². The first-order valence-electron chi connectivity index (χ1n) is 19.7. The van der Waals surface area contributed by atoms with Crippen LogP contribution in [0.3, 0.4) is 0 Å². The van der Waals surface area contributed by atoms with Gasteiger partial charge >= 0.3 is 5.97 Å². The molecule has 2 aromatic rings. The molecule has 2 bridgehead atoms. The van der Waals surface area contributed by atoms with E-state index in [0.29, 0.717) is 76.4 Å². The Morgan fingerprint density at radius 2 is 1.74 bits per heavy atom. The molecule has 3 saturated carbocycles. The Balaban J connectivity index is 1.05. The molecule has 2 N–H and O–H groups in total. The molecule has 1 aromatic carbocycles. The van der Waals surface area contributed by atoms with Crippen molar-refractivity contribution in [1.29, 1.82) is 0 Å². The minimum atomic E-state index is -3.53. The molecule has 2 saturated heterocycles. The second-order valence-electron chi connectivity index (χ2n) is 17.4. The Kier molecular flexibility index (Phi) is 9.42. The van der Waals surface area contributed by atoms with Crippen molar-refractivity contribution in [2.24, 2.45) is 23.7 Å². The number of benzene rings is 1. The number of hydrogen-bond acceptors (Lipinski definition) is 8. The van der Waals surface area contributed by atoms with E-state index in [4.69, 9.17) is 9.47 Å². The van der Waals surface area contributed by atoms with Gasteiger partial charge in [0.15, 0.2) is 0 Å². The van der Waals surface area contributed by atoms with Crippen molar-refractivity contribution in [3.63, 3.8) is 0 Å². The van der Waals surface area contributed by atoms with Crippen LogP contribution in [0.2, 0.25) is 0 Å². The van der Waals surface area contributed by atoms with Gasteiger partial charge in [-0.3, -0.25) is 9.69 Å². The number of nitrogens with zero attached hydrogens (tertiary/aromatic N) is 4. The van der Waals surface area contributed by atoms with E-state index in [1.54, 1.807) is 0 Å². The summed E-state index contributed by atoms with van der Waals surface area (Å²) in [6.45, 7) is 5.75. The molecule has 294 valence electrons. The maximum atomic E-state index is 15.5. The lowest BCUT2D eigenvalue weighted by Gasteiger charge is -2.52. The average Bonchev–Trinajstić information content (AvgIpc) is 3.40. The van der Waals surface area contributed by atoms with Gasteiger partial charge in [-0.1, -0.05) is 13.8 Å². The van der Waals surface area contributed by atoms with E-state index >= 15 is 8.78 Å². The van der Waals surface area contributed by atoms with Crippen molar-refractivity contribution in [2.75, 3.05) is 37.7 Å². The van der Waals surface area contributed by atoms with Gasteiger partial charge in [-0.15, -0.1) is 0 Å². The molecule has 5 atom stereocenters. The van der Waals surface area contributed by atoms with Gasteiger partial charge in [-0.2, -0.15) is 8.78 Å². The number of carbonyl (C=O) groups excluding carboxylic acids is 1. The van der Waals surface area contributed by atoms with E-state index in [9.17, 15) is 23.5 Å². The third-order valence-corrected chi connectivity index (χ3v) is 13.6. The number of carboxylic acids is 1. The summed E-state index contributed by atoms with van der Waals surface area (Å²) in [5.74, 6) is -7.48. The minimum absolute atomic E-state index is 0.0270. The van der Waals surface area contributed by atoms with Crippen LogP contribution in [-0.4, -0.2) is 88.3 Å². The number of carboxylic acid groups (broad SMARTS) is 1. The van der Waals surface area contributed by atoms with Crippen molar-refractivity contribution in [2.45, 2.75) is 120 Å². The monoisotopic (exact) mass is 757 g/mol. The summed E-state index contributed by atoms with van der Waals surface area (Å²) in [6.07, 6.45) is 8.55. The van der Waals surface area contributed by atoms with Gasteiger partial charge in [-0.25, -0.2) is 23.5 Å². The van der Waals surface area contributed by atoms with E-state index in [0.717, 1.165) is 49.6 Å². The number of alkyl halides is 4. The molecule has 14 heteroatoms. The van der Waals surface area contributed by atoms with Gasteiger partial charge in [0.25, 0.3) is 17.8 Å². The zero-order valence-electron chi connectivity index (χ0n) is 31.3. The molecule has 5 fully saturated rings. The van der Waals surface area contributed by atoms with Gasteiger partial charge < -0.3 is 24.8 Å². The second-order valence-corrected chi connectivity index (χ2v) is 17.4. The Hall–Kier alpha value is -3.52. The lowest BCUT2D eigenvalue weighted by atomic mass is 9.56. The van der Waals surface area contributed by atoms with Crippen molar-refractivity contribution in [3.05, 3.63) is 41.2 Å². The highest BCUT2D eigenvalue weighted by Gasteiger charge is 2.57. The van der Waals surface area contributed by atoms with E-state index in [-0.39, 0.29) is 48.4 Å². The summed E-state index contributed by atoms with van der Waals surface area (Å²) >= 11 is 0. The summed E-state index contributed by atoms with van der Waals surface area (Å²) in [7, 11) is 0. The minimum Gasteiger partial charge on any atom is -0.490 e. The van der Waals surface area contributed by atoms with Crippen LogP contribution in [0.1, 0.15) is 107 Å². The fourth-order valence-corrected chi connectivity index (χ4v) is 10.9. The number of rotatable bonds is 8. The van der Waals surface area contributed by atoms with Gasteiger partial charge in [0.2, 0.25) is 5.95 Å². The summed E-state index contributed by atoms with van der Waals surface area (Å²) in [5.41, 5.74) is -1.40. The number of hydrogen-bond donors (Lipinski definition) is 2. The highest BCUT2D eigenvalue weighted by molar-refractivity contribution is 5.99. The van der Waals surface area contributed by atoms with Gasteiger partial charge in [0.05, 0.1) is 24.8 Å². The van der Waals surface area contributed by atoms with Crippen molar-refractivity contribution in [3.8, 4) is 5.75 Å². The first-order chi connectivity index (χ1) is 25.6. The SMILES string of the molecule is CC1CC2CC(C)C(NC(=O)c3cnc(N4CC5(CCOCC5)c5cc(O[C@H]6CC[C@H](N7CC(F)(F)C7)CC6)ccc54)nc3C(C)(F)F)(C(=O)O)C(C1)C2. The zero-order chi connectivity index (χ0) is 38.2. The summed E-state index contributed by atoms with van der Waals surface area (Å²) in [4.78, 5) is 39.6. The molecule has 3 aliphatic carbocycles. The molecule has 0 radical (unpaired) electrons. The summed E-state index contributed by atoms with van der Waals surface area (Å²) in [5, 5.41) is 13.4. The van der Waals surface area contributed by atoms with E-state index < -0.39 is 40.5 Å². The number of aliphatic carboxylic acids is 1. The molecule has 1 aromatic heterocycles. The maximum Gasteiger partial charge on any atom is 0.329 e. The number of amides is 1. The normalized spacial score (nSPS) is 33.1. The Bertz CT molecular complexity index is 1760. The number of aromatic nitrogens is 2. The molecule has 5 unspecified atom stereocenters. The summed E-state index contributed by atoms with van der Waals surface area (Å²) in [6, 6.07) is 5.93. The predicted molar refractivity (Wildman–Crippen MR) is 192 cm³/mol. The lowest BCUT2D eigenvalue weighted by molar-refractivity contribution is -0.155. The summed E-state index contributed by atoms with van der Waals surface area (Å²) < 4.78 is 70.1. The zero-order valence-corrected chi connectivity index (χ0v) is 31.3. The molecule has 1 spiro atoms. The van der Waals surface area contributed by atoms with E-state index in [1.807, 2.05) is 34.9 Å². The standard InChI is InChI=1S/C40H51F4N5O5/c1-23-14-25-16-24(2)40(35(51)52,26(15-23)17-25)47-34(50)30-19-45-36(46-33(30)37(3,41)42)49-20-38(10-12-53-13-11-38)31-18-29(8-9-32(31)49)54-28-6-4-27(5-7-28)48-21-39(43,44)22-48/h8-9,18-19,23-28H,4-7,10-17,20-22H2,1-3H3,(H,47,50)(H,51,52)/t23?,24?,25?,26?,27-,28-,40?. The number of halogens is 4. The highest BCUT2D eigenvalue weighted by atomic mass is 19.3. The molecule has 10 nitrogen and oxygen atoms in total. The number of carbonyl (C=O) groups is 2. The largest absolute Gasteiger partial charge is 0.490 e. The lowest BCUT2D eigenvalue weighted by Crippen LogP contribution is -2.66. The third-order valence-electron chi connectivity index (χ3n) is 13.6. The molecule has 54 heavy (non-hydrogen) atoms. The van der Waals surface area contributed by atoms with Crippen LogP contribution >= 0.6 is 0 Å². The predicted octanol–water partition coefficient (Wildman–Crippen LogP) is 7.07. The second kappa shape index (κ2) is 13.6. The van der Waals surface area contributed by atoms with Crippen molar-refractivity contribution in [1.82, 2.24) is 20.2 Å². The number of anilines is 2. The fourth-order valence-electron chi connectivity index (χ4n) is 10.9. The number of ether oxygens (including phenoxy) is 2. The molecule has 1 amide bonds. The van der Waals surface area contributed by atoms with Gasteiger partial charge in [0.1, 0.15) is 17.0 Å². The van der Waals surface area contributed by atoms with Crippen LogP contribution < -0.4 is 15.0 Å². The average molecular weight is 758 g/mol. The first kappa shape index (κ1) is 37.4. The third kappa shape index (κ3) is 6.62. The fraction of sp³-hybridized carbons (Fsp3) is 0.700. The molecule has 8 rings (SSSR count). The number of fused-ring (bicyclic) bond motifs is 4. The van der Waals surface area contributed by atoms with Gasteiger partial charge in [0, 0.05) is 50.0 Å². The molecule has 6 aliphatic rings.